The number of aromatic amines is 1. The van der Waals surface area contributed by atoms with Crippen LogP contribution in [-0.4, -0.2) is 34.6 Å². The Hall–Kier alpha value is -1.32. The molecule has 4 atom stereocenters. The number of rotatable bonds is 6. The number of unbranched alkanes of at least 4 members (excludes halogenated alkanes) is 1. The predicted octanol–water partition coefficient (Wildman–Crippen LogP) is 5.13. The molecule has 3 nitrogen and oxygen atoms in total. The molecule has 5 rings (SSSR count). The monoisotopic (exact) mass is 380 g/mol. The number of fused-ring (bicyclic) bond motifs is 4. The average molecular weight is 381 g/mol. The molecule has 28 heavy (non-hydrogen) atoms. The maximum absolute atomic E-state index is 9.40. The van der Waals surface area contributed by atoms with Gasteiger partial charge in [0, 0.05) is 23.6 Å². The van der Waals surface area contributed by atoms with Crippen LogP contribution in [-0.2, 0) is 13.0 Å². The van der Waals surface area contributed by atoms with Crippen LogP contribution in [0.1, 0.15) is 62.5 Å². The highest BCUT2D eigenvalue weighted by molar-refractivity contribution is 5.83. The van der Waals surface area contributed by atoms with Crippen LogP contribution in [0.5, 0.6) is 0 Å². The van der Waals surface area contributed by atoms with Gasteiger partial charge >= 0.3 is 0 Å². The van der Waals surface area contributed by atoms with E-state index in [4.69, 9.17) is 0 Å². The summed E-state index contributed by atoms with van der Waals surface area (Å²) in [4.78, 5) is 6.16. The van der Waals surface area contributed by atoms with Gasteiger partial charge in [-0.1, -0.05) is 25.3 Å². The molecule has 2 heterocycles. The van der Waals surface area contributed by atoms with Gasteiger partial charge in [-0.3, -0.25) is 0 Å². The van der Waals surface area contributed by atoms with E-state index in [2.05, 4.69) is 28.2 Å². The Morgan fingerprint density at radius 3 is 2.86 bits per heavy atom. The second kappa shape index (κ2) is 8.20. The molecule has 1 aromatic carbocycles. The summed E-state index contributed by atoms with van der Waals surface area (Å²) in [5, 5.41) is 10.7. The first kappa shape index (κ1) is 18.7. The van der Waals surface area contributed by atoms with E-state index in [1.165, 1.54) is 87.5 Å². The van der Waals surface area contributed by atoms with E-state index in [9.17, 15) is 5.11 Å². The minimum atomic E-state index is 0.124. The zero-order valence-corrected chi connectivity index (χ0v) is 17.2. The number of likely N-dealkylation sites (tertiary alicyclic amines) is 1. The summed E-state index contributed by atoms with van der Waals surface area (Å²) >= 11 is 0. The molecule has 1 saturated heterocycles. The number of aromatic nitrogens is 1. The molecule has 3 fully saturated rings. The molecule has 0 amide bonds. The van der Waals surface area contributed by atoms with Gasteiger partial charge < -0.3 is 15.0 Å². The van der Waals surface area contributed by atoms with Gasteiger partial charge in [0.05, 0.1) is 6.61 Å². The lowest BCUT2D eigenvalue weighted by atomic mass is 9.75. The number of nitrogens with zero attached hydrogens (tertiary/aromatic N) is 1. The van der Waals surface area contributed by atoms with Crippen molar-refractivity contribution in [3.05, 3.63) is 35.5 Å². The zero-order valence-electron chi connectivity index (χ0n) is 17.2. The number of piperidine rings is 1. The minimum absolute atomic E-state index is 0.124. The summed E-state index contributed by atoms with van der Waals surface area (Å²) in [5.41, 5.74) is 3.61. The molecule has 0 radical (unpaired) electrons. The van der Waals surface area contributed by atoms with Crippen molar-refractivity contribution in [2.24, 2.45) is 23.7 Å². The highest BCUT2D eigenvalue weighted by atomic mass is 16.3. The van der Waals surface area contributed by atoms with Crippen molar-refractivity contribution in [3.8, 4) is 0 Å². The lowest BCUT2D eigenvalue weighted by Gasteiger charge is -2.38. The van der Waals surface area contributed by atoms with Crippen LogP contribution in [0.15, 0.2) is 24.4 Å². The van der Waals surface area contributed by atoms with Crippen molar-refractivity contribution in [2.45, 2.75) is 64.4 Å². The van der Waals surface area contributed by atoms with Crippen LogP contribution in [0.25, 0.3) is 10.9 Å². The number of H-pyrrole nitrogens is 1. The standard InChI is InChI=1S/C25H36N2O/c28-17-18-8-9-25-24(13-18)20(15-26-25)6-3-4-11-27-12-10-23-21(16-27)14-19-5-1-2-7-22(19)23/h8-9,13,15,19,21-23,26,28H,1-7,10-12,14,16-17H2. The van der Waals surface area contributed by atoms with Gasteiger partial charge in [-0.25, -0.2) is 0 Å². The second-order valence-corrected chi connectivity index (χ2v) is 9.77. The van der Waals surface area contributed by atoms with Crippen LogP contribution >= 0.6 is 0 Å². The minimum Gasteiger partial charge on any atom is -0.392 e. The first-order chi connectivity index (χ1) is 13.8. The maximum atomic E-state index is 9.40. The van der Waals surface area contributed by atoms with Gasteiger partial charge in [0.15, 0.2) is 0 Å². The number of aryl methyl sites for hydroxylation is 1. The van der Waals surface area contributed by atoms with Crippen LogP contribution < -0.4 is 0 Å². The SMILES string of the molecule is OCc1ccc2[nH]cc(CCCCN3CCC4C(CC5CCCCC54)C3)c2c1. The number of aliphatic hydroxyl groups excluding tert-OH is 1. The Morgan fingerprint density at radius 1 is 1.04 bits per heavy atom. The largest absolute Gasteiger partial charge is 0.392 e. The van der Waals surface area contributed by atoms with Crippen LogP contribution in [0.2, 0.25) is 0 Å². The summed E-state index contributed by atoms with van der Waals surface area (Å²) in [5.74, 6) is 4.24. The van der Waals surface area contributed by atoms with E-state index in [1.54, 1.807) is 0 Å². The van der Waals surface area contributed by atoms with Crippen molar-refractivity contribution in [1.29, 1.82) is 0 Å². The fourth-order valence-electron chi connectivity index (χ4n) is 6.80. The van der Waals surface area contributed by atoms with Crippen molar-refractivity contribution < 1.29 is 5.11 Å². The van der Waals surface area contributed by atoms with Crippen molar-refractivity contribution >= 4 is 10.9 Å². The number of hydrogen-bond acceptors (Lipinski definition) is 2. The lowest BCUT2D eigenvalue weighted by molar-refractivity contribution is 0.109. The maximum Gasteiger partial charge on any atom is 0.0682 e. The number of nitrogens with one attached hydrogen (secondary N) is 1. The van der Waals surface area contributed by atoms with E-state index in [0.29, 0.717) is 0 Å². The second-order valence-electron chi connectivity index (χ2n) is 9.77. The fraction of sp³-hybridized carbons (Fsp3) is 0.680. The molecule has 3 aliphatic rings. The Labute approximate surface area is 169 Å². The van der Waals surface area contributed by atoms with Crippen molar-refractivity contribution in [1.82, 2.24) is 9.88 Å². The Morgan fingerprint density at radius 2 is 1.93 bits per heavy atom. The first-order valence-corrected chi connectivity index (χ1v) is 11.7. The molecule has 4 unspecified atom stereocenters. The lowest BCUT2D eigenvalue weighted by Crippen LogP contribution is -2.40. The normalized spacial score (nSPS) is 30.5. The van der Waals surface area contributed by atoms with Crippen LogP contribution in [0, 0.1) is 23.7 Å². The molecule has 2 N–H and O–H groups in total. The molecule has 2 aliphatic carbocycles. The summed E-state index contributed by atoms with van der Waals surface area (Å²) in [6.07, 6.45) is 14.9. The van der Waals surface area contributed by atoms with Gasteiger partial charge in [0.2, 0.25) is 0 Å². The number of hydrogen-bond donors (Lipinski definition) is 2. The highest BCUT2D eigenvalue weighted by Crippen LogP contribution is 2.51. The van der Waals surface area contributed by atoms with E-state index in [-0.39, 0.29) is 6.61 Å². The predicted molar refractivity (Wildman–Crippen MR) is 115 cm³/mol. The smallest absolute Gasteiger partial charge is 0.0682 e. The molecule has 1 aliphatic heterocycles. The summed E-state index contributed by atoms with van der Waals surface area (Å²) in [6, 6.07) is 6.24. The van der Waals surface area contributed by atoms with E-state index in [1.807, 2.05) is 6.07 Å². The van der Waals surface area contributed by atoms with Gasteiger partial charge in [-0.2, -0.15) is 0 Å². The first-order valence-electron chi connectivity index (χ1n) is 11.7. The topological polar surface area (TPSA) is 39.3 Å². The van der Waals surface area contributed by atoms with E-state index in [0.717, 1.165) is 35.7 Å². The van der Waals surface area contributed by atoms with Gasteiger partial charge in [-0.05, 0) is 98.5 Å². The molecular weight excluding hydrogens is 344 g/mol. The van der Waals surface area contributed by atoms with Crippen LogP contribution in [0.4, 0.5) is 0 Å². The fourth-order valence-corrected chi connectivity index (χ4v) is 6.80. The Balaban J connectivity index is 1.10. The highest BCUT2D eigenvalue weighted by Gasteiger charge is 2.45. The molecule has 2 saturated carbocycles. The number of aliphatic hydroxyl groups is 1. The quantitative estimate of drug-likeness (QED) is 0.682. The average Bonchev–Trinajstić information content (AvgIpc) is 3.31. The molecule has 3 heteroatoms. The molecule has 2 aromatic rings. The van der Waals surface area contributed by atoms with Gasteiger partial charge in [0.1, 0.15) is 0 Å². The van der Waals surface area contributed by atoms with Crippen molar-refractivity contribution in [3.63, 3.8) is 0 Å². The van der Waals surface area contributed by atoms with Crippen LogP contribution in [0.3, 0.4) is 0 Å². The molecule has 1 aromatic heterocycles. The summed E-state index contributed by atoms with van der Waals surface area (Å²) in [7, 11) is 0. The van der Waals surface area contributed by atoms with E-state index < -0.39 is 0 Å². The Kier molecular flexibility index (Phi) is 5.47. The van der Waals surface area contributed by atoms with Gasteiger partial charge in [0.25, 0.3) is 0 Å². The third-order valence-corrected chi connectivity index (χ3v) is 8.19. The zero-order chi connectivity index (χ0) is 18.9. The summed E-state index contributed by atoms with van der Waals surface area (Å²) in [6.45, 7) is 4.13. The van der Waals surface area contributed by atoms with E-state index >= 15 is 0 Å². The number of benzene rings is 1. The molecule has 0 spiro atoms. The Bertz CT molecular complexity index is 797. The van der Waals surface area contributed by atoms with Crippen molar-refractivity contribution in [2.75, 3.05) is 19.6 Å². The molecule has 152 valence electrons. The molecule has 0 bridgehead atoms. The third kappa shape index (κ3) is 3.64. The van der Waals surface area contributed by atoms with Gasteiger partial charge in [-0.15, -0.1) is 0 Å². The third-order valence-electron chi connectivity index (χ3n) is 8.19. The molecular formula is C25H36N2O. The summed E-state index contributed by atoms with van der Waals surface area (Å²) < 4.78 is 0.